The summed E-state index contributed by atoms with van der Waals surface area (Å²) in [5, 5.41) is 9.37. The van der Waals surface area contributed by atoms with Crippen molar-refractivity contribution in [3.63, 3.8) is 0 Å². The van der Waals surface area contributed by atoms with Gasteiger partial charge in [-0.05, 0) is 98.9 Å². The van der Waals surface area contributed by atoms with E-state index in [9.17, 15) is 0 Å². The third kappa shape index (κ3) is 4.78. The molecule has 3 aromatic carbocycles. The van der Waals surface area contributed by atoms with Gasteiger partial charge in [-0.2, -0.15) is 0 Å². The van der Waals surface area contributed by atoms with E-state index in [1.807, 2.05) is 0 Å². The number of fused-ring (bicyclic) bond motifs is 1. The van der Waals surface area contributed by atoms with Crippen molar-refractivity contribution in [2.75, 3.05) is 20.0 Å². The van der Waals surface area contributed by atoms with Crippen LogP contribution in [0.5, 0.6) is 0 Å². The predicted octanol–water partition coefficient (Wildman–Crippen LogP) is 8.08. The van der Waals surface area contributed by atoms with E-state index in [-0.39, 0.29) is 0 Å². The van der Waals surface area contributed by atoms with Gasteiger partial charge in [-0.15, -0.1) is 0 Å². The van der Waals surface area contributed by atoms with Crippen molar-refractivity contribution in [2.45, 2.75) is 78.0 Å². The fourth-order valence-electron chi connectivity index (χ4n) is 5.46. The van der Waals surface area contributed by atoms with E-state index < -0.39 is 22.4 Å². The molecule has 0 aliphatic heterocycles. The van der Waals surface area contributed by atoms with Crippen LogP contribution in [0, 0.1) is 0 Å². The summed E-state index contributed by atoms with van der Waals surface area (Å²) in [4.78, 5) is 0. The molecule has 0 aliphatic rings. The smallest absolute Gasteiger partial charge is 0.0616 e. The Morgan fingerprint density at radius 2 is 0.941 bits per heavy atom. The molecule has 0 nitrogen and oxygen atoms in total. The van der Waals surface area contributed by atoms with Crippen molar-refractivity contribution in [3.8, 4) is 0 Å². The molecule has 3 aromatic rings. The number of benzene rings is 3. The fraction of sp³-hybridized carbons (Fsp3) is 0.484. The molecule has 0 saturated carbocycles. The maximum atomic E-state index is 2.62. The van der Waals surface area contributed by atoms with Crippen LogP contribution < -0.4 is 21.2 Å². The zero-order chi connectivity index (χ0) is 25.4. The molecule has 0 amide bonds. The van der Waals surface area contributed by atoms with Crippen LogP contribution in [0.4, 0.5) is 0 Å². The first-order chi connectivity index (χ1) is 15.9. The first kappa shape index (κ1) is 27.8. The normalized spacial score (nSPS) is 14.1. The lowest BCUT2D eigenvalue weighted by atomic mass is 10.1. The third-order valence-electron chi connectivity index (χ3n) is 8.78. The molecule has 1 unspecified atom stereocenters. The highest BCUT2D eigenvalue weighted by atomic mass is 31.2. The second-order valence-corrected chi connectivity index (χ2v) is 23.2. The molecule has 34 heavy (non-hydrogen) atoms. The number of hydrogen-bond donors (Lipinski definition) is 0. The van der Waals surface area contributed by atoms with Gasteiger partial charge in [0.05, 0.1) is 36.0 Å². The predicted molar refractivity (Wildman–Crippen MR) is 168 cm³/mol. The summed E-state index contributed by atoms with van der Waals surface area (Å²) in [5.41, 5.74) is 2.74. The Kier molecular flexibility index (Phi) is 8.73. The van der Waals surface area contributed by atoms with Crippen molar-refractivity contribution < 1.29 is 0 Å². The van der Waals surface area contributed by atoms with Gasteiger partial charge in [-0.1, -0.05) is 42.5 Å². The van der Waals surface area contributed by atoms with Gasteiger partial charge in [-0.25, -0.2) is 0 Å². The van der Waals surface area contributed by atoms with Crippen LogP contribution in [0.2, 0.25) is 0 Å². The maximum Gasteiger partial charge on any atom is 0.103 e. The lowest BCUT2D eigenvalue weighted by Crippen LogP contribution is -2.39. The van der Waals surface area contributed by atoms with E-state index in [0.29, 0.717) is 22.6 Å². The summed E-state index contributed by atoms with van der Waals surface area (Å²) in [6.45, 7) is 27.4. The van der Waals surface area contributed by atoms with Crippen LogP contribution in [-0.4, -0.2) is 42.6 Å². The molecule has 0 N–H and O–H groups in total. The molecule has 0 bridgehead atoms. The highest BCUT2D eigenvalue weighted by Gasteiger charge is 2.46. The van der Waals surface area contributed by atoms with Gasteiger partial charge >= 0.3 is 0 Å². The Bertz CT molecular complexity index is 1110. The second-order valence-electron chi connectivity index (χ2n) is 11.4. The monoisotopic (exact) mass is 512 g/mol. The largest absolute Gasteiger partial charge is 0.103 e. The Labute approximate surface area is 212 Å². The zero-order valence-corrected chi connectivity index (χ0v) is 26.1. The molecular weight excluding hydrogens is 465 g/mol. The van der Waals surface area contributed by atoms with Crippen LogP contribution in [0.25, 0.3) is 10.8 Å². The summed E-state index contributed by atoms with van der Waals surface area (Å²) < 4.78 is 0. The van der Waals surface area contributed by atoms with Crippen molar-refractivity contribution in [3.05, 3.63) is 60.7 Å². The topological polar surface area (TPSA) is 0 Å². The molecular formula is C31H47P3+2. The van der Waals surface area contributed by atoms with Crippen molar-refractivity contribution in [2.24, 2.45) is 0 Å². The van der Waals surface area contributed by atoms with Gasteiger partial charge in [0.2, 0.25) is 0 Å². The molecule has 0 radical (unpaired) electrons. The van der Waals surface area contributed by atoms with E-state index in [0.717, 1.165) is 0 Å². The standard InChI is InChI=1S/C31H47P3/c1-22(2)33(10,23(3)4)30-19-15-14-18-28(30)32(9)29-20-26-16-12-13-17-27(26)21-31(29)34(11,24(5)6)25(7)8/h12-25H,1-11H3/q+2. The highest BCUT2D eigenvalue weighted by Crippen LogP contribution is 2.64. The quantitative estimate of drug-likeness (QED) is 0.268. The fourth-order valence-corrected chi connectivity index (χ4v) is 15.9. The molecule has 3 rings (SSSR count). The lowest BCUT2D eigenvalue weighted by molar-refractivity contribution is 0.999. The molecule has 0 saturated heterocycles. The van der Waals surface area contributed by atoms with Gasteiger partial charge < -0.3 is 0 Å². The summed E-state index contributed by atoms with van der Waals surface area (Å²) in [6.07, 6.45) is 0. The Hall–Kier alpha value is -0.790. The Morgan fingerprint density at radius 3 is 1.44 bits per heavy atom. The van der Waals surface area contributed by atoms with Gasteiger partial charge in [-0.3, -0.25) is 0 Å². The Morgan fingerprint density at radius 1 is 0.529 bits per heavy atom. The first-order valence-electron chi connectivity index (χ1n) is 12.9. The van der Waals surface area contributed by atoms with Gasteiger partial charge in [0, 0.05) is 25.1 Å². The van der Waals surface area contributed by atoms with E-state index >= 15 is 0 Å². The summed E-state index contributed by atoms with van der Waals surface area (Å²) in [7, 11) is -3.10. The van der Waals surface area contributed by atoms with Crippen molar-refractivity contribution in [1.82, 2.24) is 0 Å². The molecule has 0 aromatic heterocycles. The van der Waals surface area contributed by atoms with Crippen LogP contribution >= 0.6 is 22.4 Å². The summed E-state index contributed by atoms with van der Waals surface area (Å²) in [6, 6.07) is 23.6. The Balaban J connectivity index is 2.35. The zero-order valence-electron chi connectivity index (χ0n) is 23.4. The molecule has 0 heterocycles. The molecule has 0 spiro atoms. The van der Waals surface area contributed by atoms with E-state index in [2.05, 4.69) is 136 Å². The maximum absolute atomic E-state index is 2.62. The molecule has 1 atom stereocenters. The summed E-state index contributed by atoms with van der Waals surface area (Å²) in [5.74, 6) is 0. The van der Waals surface area contributed by atoms with Gasteiger partial charge in [0.15, 0.2) is 0 Å². The van der Waals surface area contributed by atoms with Crippen LogP contribution in [0.1, 0.15) is 55.4 Å². The minimum atomic E-state index is -1.35. The van der Waals surface area contributed by atoms with Crippen LogP contribution in [-0.2, 0) is 0 Å². The minimum Gasteiger partial charge on any atom is -0.0616 e. The van der Waals surface area contributed by atoms with Gasteiger partial charge in [0.25, 0.3) is 0 Å². The molecule has 3 heteroatoms. The SMILES string of the molecule is CC(C)[P+](C)(c1ccccc1P(C)c1cc2ccccc2cc1[P+](C)(C(C)C)C(C)C)C(C)C. The minimum absolute atomic E-state index is 0.458. The average molecular weight is 513 g/mol. The summed E-state index contributed by atoms with van der Waals surface area (Å²) >= 11 is 0. The number of rotatable bonds is 8. The van der Waals surface area contributed by atoms with E-state index in [1.165, 1.54) is 10.8 Å². The first-order valence-corrected chi connectivity index (χ1v) is 19.5. The molecule has 184 valence electrons. The third-order valence-corrected chi connectivity index (χ3v) is 22.8. The van der Waals surface area contributed by atoms with Gasteiger partial charge in [0.1, 0.15) is 10.6 Å². The van der Waals surface area contributed by atoms with Crippen LogP contribution in [0.3, 0.4) is 0 Å². The van der Waals surface area contributed by atoms with Crippen molar-refractivity contribution in [1.29, 1.82) is 0 Å². The number of hydrogen-bond acceptors (Lipinski definition) is 0. The van der Waals surface area contributed by atoms with E-state index in [4.69, 9.17) is 0 Å². The van der Waals surface area contributed by atoms with Crippen LogP contribution in [0.15, 0.2) is 60.7 Å². The van der Waals surface area contributed by atoms with E-state index in [1.54, 1.807) is 21.2 Å². The second kappa shape index (κ2) is 10.7. The van der Waals surface area contributed by atoms with Crippen molar-refractivity contribution >= 4 is 54.4 Å². The molecule has 0 fully saturated rings. The highest BCUT2D eigenvalue weighted by molar-refractivity contribution is 7.88. The lowest BCUT2D eigenvalue weighted by Gasteiger charge is -2.36. The molecule has 0 aliphatic carbocycles. The average Bonchev–Trinajstić information content (AvgIpc) is 2.81.